The van der Waals surface area contributed by atoms with Gasteiger partial charge in [-0.3, -0.25) is 14.4 Å². The van der Waals surface area contributed by atoms with E-state index in [0.717, 1.165) is 0 Å². The number of carboxylic acids is 1. The third-order valence-electron chi connectivity index (χ3n) is 3.24. The summed E-state index contributed by atoms with van der Waals surface area (Å²) in [6.07, 6.45) is 0.823. The van der Waals surface area contributed by atoms with Gasteiger partial charge in [-0.1, -0.05) is 0 Å². The number of amides is 2. The Bertz CT molecular complexity index is 351. The molecule has 19 heavy (non-hydrogen) atoms. The number of carbonyl (C=O) groups excluding carboxylic acids is 2. The molecular weight excluding hydrogens is 250 g/mol. The molecule has 1 heterocycles. The Hall–Kier alpha value is -1.63. The highest BCUT2D eigenvalue weighted by Gasteiger charge is 2.29. The van der Waals surface area contributed by atoms with Gasteiger partial charge >= 0.3 is 5.97 Å². The molecule has 4 N–H and O–H groups in total. The van der Waals surface area contributed by atoms with E-state index in [2.05, 4.69) is 5.32 Å². The lowest BCUT2D eigenvalue weighted by atomic mass is 9.95. The van der Waals surface area contributed by atoms with E-state index in [1.807, 2.05) is 6.92 Å². The molecule has 1 rings (SSSR count). The van der Waals surface area contributed by atoms with Crippen molar-refractivity contribution in [1.82, 2.24) is 10.2 Å². The maximum absolute atomic E-state index is 11.9. The highest BCUT2D eigenvalue weighted by atomic mass is 16.4. The highest BCUT2D eigenvalue weighted by Crippen LogP contribution is 2.18. The summed E-state index contributed by atoms with van der Waals surface area (Å²) < 4.78 is 0. The number of piperidine rings is 1. The number of rotatable bonds is 5. The molecule has 1 unspecified atom stereocenters. The average molecular weight is 271 g/mol. The van der Waals surface area contributed by atoms with Crippen LogP contribution in [-0.4, -0.2) is 53.5 Å². The molecule has 7 heteroatoms. The van der Waals surface area contributed by atoms with Crippen LogP contribution in [0.25, 0.3) is 0 Å². The molecule has 1 atom stereocenters. The van der Waals surface area contributed by atoms with Crippen LogP contribution in [0.4, 0.5) is 0 Å². The molecule has 0 aromatic rings. The van der Waals surface area contributed by atoms with E-state index in [9.17, 15) is 14.4 Å². The summed E-state index contributed by atoms with van der Waals surface area (Å²) in [6.45, 7) is 3.37. The minimum atomic E-state index is -1.09. The van der Waals surface area contributed by atoms with Crippen LogP contribution in [0.3, 0.4) is 0 Å². The molecule has 0 spiro atoms. The summed E-state index contributed by atoms with van der Waals surface area (Å²) in [5.41, 5.74) is 5.54. The number of hydrogen-bond acceptors (Lipinski definition) is 4. The summed E-state index contributed by atoms with van der Waals surface area (Å²) >= 11 is 0. The van der Waals surface area contributed by atoms with Gasteiger partial charge in [0.25, 0.3) is 0 Å². The minimum Gasteiger partial charge on any atom is -0.481 e. The lowest BCUT2D eigenvalue weighted by Crippen LogP contribution is -2.49. The van der Waals surface area contributed by atoms with Gasteiger partial charge in [0.2, 0.25) is 11.8 Å². The van der Waals surface area contributed by atoms with Crippen molar-refractivity contribution in [3.8, 4) is 0 Å². The van der Waals surface area contributed by atoms with Crippen LogP contribution in [0.2, 0.25) is 0 Å². The molecular formula is C12H21N3O4. The lowest BCUT2D eigenvalue weighted by Gasteiger charge is -2.32. The SMILES string of the molecule is CCNC(=O)C1CCN(C(=O)C(N)CC(=O)O)CC1. The number of carbonyl (C=O) groups is 3. The molecule has 108 valence electrons. The Labute approximate surface area is 112 Å². The highest BCUT2D eigenvalue weighted by molar-refractivity contribution is 5.86. The summed E-state index contributed by atoms with van der Waals surface area (Å²) in [4.78, 5) is 35.6. The Kier molecular flexibility index (Phi) is 5.75. The quantitative estimate of drug-likeness (QED) is 0.603. The van der Waals surface area contributed by atoms with Gasteiger partial charge in [0.05, 0.1) is 12.5 Å². The molecule has 0 saturated carbocycles. The maximum atomic E-state index is 11.9. The standard InChI is InChI=1S/C12H21N3O4/c1-2-14-11(18)8-3-5-15(6-4-8)12(19)9(13)7-10(16)17/h8-9H,2-7,13H2,1H3,(H,14,18)(H,16,17). The molecule has 7 nitrogen and oxygen atoms in total. The van der Waals surface area contributed by atoms with Crippen molar-refractivity contribution in [2.24, 2.45) is 11.7 Å². The van der Waals surface area contributed by atoms with Crippen LogP contribution < -0.4 is 11.1 Å². The summed E-state index contributed by atoms with van der Waals surface area (Å²) in [6, 6.07) is -1.00. The van der Waals surface area contributed by atoms with Gasteiger partial charge in [0.15, 0.2) is 0 Å². The molecule has 1 fully saturated rings. The van der Waals surface area contributed by atoms with Crippen molar-refractivity contribution in [3.63, 3.8) is 0 Å². The van der Waals surface area contributed by atoms with E-state index in [1.54, 1.807) is 4.90 Å². The van der Waals surface area contributed by atoms with E-state index >= 15 is 0 Å². The van der Waals surface area contributed by atoms with E-state index in [1.165, 1.54) is 0 Å². The zero-order chi connectivity index (χ0) is 14.4. The topological polar surface area (TPSA) is 113 Å². The molecule has 0 aromatic carbocycles. The second-order valence-electron chi connectivity index (χ2n) is 4.70. The van der Waals surface area contributed by atoms with Crippen LogP contribution in [0.1, 0.15) is 26.2 Å². The minimum absolute atomic E-state index is 0.0180. The fourth-order valence-electron chi connectivity index (χ4n) is 2.19. The summed E-state index contributed by atoms with van der Waals surface area (Å²) in [5.74, 6) is -1.49. The van der Waals surface area contributed by atoms with Crippen molar-refractivity contribution >= 4 is 17.8 Å². The first-order valence-corrected chi connectivity index (χ1v) is 6.49. The molecule has 1 saturated heterocycles. The zero-order valence-electron chi connectivity index (χ0n) is 11.1. The Balaban J connectivity index is 2.43. The van der Waals surface area contributed by atoms with Crippen molar-refractivity contribution in [3.05, 3.63) is 0 Å². The van der Waals surface area contributed by atoms with E-state index in [0.29, 0.717) is 32.5 Å². The third-order valence-corrected chi connectivity index (χ3v) is 3.24. The van der Waals surface area contributed by atoms with Crippen LogP contribution in [0.5, 0.6) is 0 Å². The van der Waals surface area contributed by atoms with Gasteiger partial charge in [0, 0.05) is 25.6 Å². The first-order valence-electron chi connectivity index (χ1n) is 6.49. The van der Waals surface area contributed by atoms with E-state index in [-0.39, 0.29) is 24.2 Å². The number of nitrogens with zero attached hydrogens (tertiary/aromatic N) is 1. The smallest absolute Gasteiger partial charge is 0.305 e. The number of hydrogen-bond donors (Lipinski definition) is 3. The molecule has 0 bridgehead atoms. The van der Waals surface area contributed by atoms with Crippen LogP contribution in [0.15, 0.2) is 0 Å². The van der Waals surface area contributed by atoms with Gasteiger partial charge in [-0.2, -0.15) is 0 Å². The van der Waals surface area contributed by atoms with Crippen LogP contribution in [-0.2, 0) is 14.4 Å². The van der Waals surface area contributed by atoms with Gasteiger partial charge < -0.3 is 21.1 Å². The summed E-state index contributed by atoms with van der Waals surface area (Å²) in [7, 11) is 0. The van der Waals surface area contributed by atoms with Crippen molar-refractivity contribution in [2.75, 3.05) is 19.6 Å². The first-order chi connectivity index (χ1) is 8.95. The average Bonchev–Trinajstić information content (AvgIpc) is 2.37. The molecule has 1 aliphatic heterocycles. The normalized spacial score (nSPS) is 17.9. The molecule has 2 amide bonds. The number of likely N-dealkylation sites (tertiary alicyclic amines) is 1. The van der Waals surface area contributed by atoms with Crippen LogP contribution in [0, 0.1) is 5.92 Å². The second-order valence-corrected chi connectivity index (χ2v) is 4.70. The van der Waals surface area contributed by atoms with Gasteiger partial charge in [-0.05, 0) is 19.8 Å². The second kappa shape index (κ2) is 7.08. The van der Waals surface area contributed by atoms with Crippen molar-refractivity contribution in [1.29, 1.82) is 0 Å². The lowest BCUT2D eigenvalue weighted by molar-refractivity contribution is -0.142. The largest absolute Gasteiger partial charge is 0.481 e. The number of carboxylic acid groups (broad SMARTS) is 1. The number of nitrogens with two attached hydrogens (primary N) is 1. The Morgan fingerprint density at radius 3 is 2.42 bits per heavy atom. The van der Waals surface area contributed by atoms with Gasteiger partial charge in [-0.25, -0.2) is 0 Å². The summed E-state index contributed by atoms with van der Waals surface area (Å²) in [5, 5.41) is 11.4. The Morgan fingerprint density at radius 1 is 1.37 bits per heavy atom. The van der Waals surface area contributed by atoms with E-state index < -0.39 is 12.0 Å². The monoisotopic (exact) mass is 271 g/mol. The fraction of sp³-hybridized carbons (Fsp3) is 0.750. The Morgan fingerprint density at radius 2 is 1.95 bits per heavy atom. The van der Waals surface area contributed by atoms with Gasteiger partial charge in [-0.15, -0.1) is 0 Å². The molecule has 1 aliphatic rings. The van der Waals surface area contributed by atoms with Crippen LogP contribution >= 0.6 is 0 Å². The molecule has 0 aliphatic carbocycles. The number of aliphatic carboxylic acids is 1. The van der Waals surface area contributed by atoms with Crippen molar-refractivity contribution < 1.29 is 19.5 Å². The van der Waals surface area contributed by atoms with E-state index in [4.69, 9.17) is 10.8 Å². The zero-order valence-corrected chi connectivity index (χ0v) is 11.1. The molecule has 0 radical (unpaired) electrons. The van der Waals surface area contributed by atoms with Crippen molar-refractivity contribution in [2.45, 2.75) is 32.2 Å². The predicted octanol–water partition coefficient (Wildman–Crippen LogP) is -0.837. The fourth-order valence-corrected chi connectivity index (χ4v) is 2.19. The van der Waals surface area contributed by atoms with Gasteiger partial charge in [0.1, 0.15) is 0 Å². The molecule has 0 aromatic heterocycles. The number of nitrogens with one attached hydrogen (secondary N) is 1. The maximum Gasteiger partial charge on any atom is 0.305 e. The first kappa shape index (κ1) is 15.4. The third kappa shape index (κ3) is 4.51. The predicted molar refractivity (Wildman–Crippen MR) is 68.2 cm³/mol.